The Morgan fingerprint density at radius 3 is 1.92 bits per heavy atom. The maximum absolute atomic E-state index is 12.4. The quantitative estimate of drug-likeness (QED) is 0.813. The summed E-state index contributed by atoms with van der Waals surface area (Å²) in [6.45, 7) is 8.15. The van der Waals surface area contributed by atoms with Gasteiger partial charge in [-0.1, -0.05) is 0 Å². The summed E-state index contributed by atoms with van der Waals surface area (Å²) in [6.07, 6.45) is 0. The molecule has 0 saturated carbocycles. The van der Waals surface area contributed by atoms with Gasteiger partial charge in [0.1, 0.15) is 0 Å². The number of hydrogen-bond acceptors (Lipinski definition) is 5. The number of nitrogens with zero attached hydrogens (tertiary/aromatic N) is 1. The minimum atomic E-state index is -0.302. The van der Waals surface area contributed by atoms with Crippen LogP contribution in [0.1, 0.15) is 38.1 Å². The van der Waals surface area contributed by atoms with Gasteiger partial charge in [0.05, 0.1) is 21.3 Å². The minimum Gasteiger partial charge on any atom is -0.493 e. The molecule has 0 bridgehead atoms. The highest BCUT2D eigenvalue weighted by Crippen LogP contribution is 2.38. The van der Waals surface area contributed by atoms with Gasteiger partial charge in [-0.3, -0.25) is 9.59 Å². The van der Waals surface area contributed by atoms with Gasteiger partial charge in [0.15, 0.2) is 11.5 Å². The third-order valence-corrected chi connectivity index (χ3v) is 3.74. The van der Waals surface area contributed by atoms with Crippen molar-refractivity contribution in [1.29, 1.82) is 0 Å². The van der Waals surface area contributed by atoms with Crippen LogP contribution in [0, 0.1) is 0 Å². The van der Waals surface area contributed by atoms with Crippen molar-refractivity contribution in [2.24, 2.45) is 0 Å². The summed E-state index contributed by atoms with van der Waals surface area (Å²) in [6, 6.07) is 3.17. The van der Waals surface area contributed by atoms with Crippen LogP contribution in [0.15, 0.2) is 12.1 Å². The van der Waals surface area contributed by atoms with Gasteiger partial charge >= 0.3 is 0 Å². The molecule has 1 aromatic carbocycles. The normalized spacial score (nSPS) is 10.8. The third kappa shape index (κ3) is 5.27. The van der Waals surface area contributed by atoms with Crippen LogP contribution in [0.25, 0.3) is 0 Å². The van der Waals surface area contributed by atoms with Gasteiger partial charge in [0.2, 0.25) is 11.7 Å². The highest BCUT2D eigenvalue weighted by molar-refractivity contribution is 5.95. The van der Waals surface area contributed by atoms with Crippen LogP contribution in [-0.4, -0.2) is 56.7 Å². The van der Waals surface area contributed by atoms with Crippen molar-refractivity contribution >= 4 is 11.8 Å². The molecular formula is C18H28N2O5. The average Bonchev–Trinajstić information content (AvgIpc) is 2.55. The number of nitrogens with one attached hydrogen (secondary N) is 1. The molecule has 0 atom stereocenters. The molecule has 0 aliphatic heterocycles. The first-order chi connectivity index (χ1) is 11.6. The molecule has 1 rings (SSSR count). The van der Waals surface area contributed by atoms with Crippen LogP contribution < -0.4 is 19.5 Å². The highest BCUT2D eigenvalue weighted by atomic mass is 16.5. The standard InChI is InChI=1S/C18H28N2O5/c1-12(21)20(18(2,3)4)9-8-19-17(22)13-10-14(23-5)16(25-7)15(11-13)24-6/h10-11H,8-9H2,1-7H3,(H,19,22). The molecule has 0 heterocycles. The summed E-state index contributed by atoms with van der Waals surface area (Å²) in [5.41, 5.74) is 0.0861. The van der Waals surface area contributed by atoms with Crippen LogP contribution >= 0.6 is 0 Å². The molecule has 0 spiro atoms. The van der Waals surface area contributed by atoms with E-state index in [4.69, 9.17) is 14.2 Å². The van der Waals surface area contributed by atoms with E-state index in [1.54, 1.807) is 17.0 Å². The summed E-state index contributed by atoms with van der Waals surface area (Å²) in [7, 11) is 4.49. The van der Waals surface area contributed by atoms with Crippen LogP contribution in [0.2, 0.25) is 0 Å². The smallest absolute Gasteiger partial charge is 0.251 e. The largest absolute Gasteiger partial charge is 0.493 e. The number of benzene rings is 1. The Hall–Kier alpha value is -2.44. The highest BCUT2D eigenvalue weighted by Gasteiger charge is 2.23. The second-order valence-corrected chi connectivity index (χ2v) is 6.51. The van der Waals surface area contributed by atoms with Crippen molar-refractivity contribution in [1.82, 2.24) is 10.2 Å². The van der Waals surface area contributed by atoms with Gasteiger partial charge < -0.3 is 24.4 Å². The van der Waals surface area contributed by atoms with Gasteiger partial charge in [-0.05, 0) is 32.9 Å². The second-order valence-electron chi connectivity index (χ2n) is 6.51. The first-order valence-corrected chi connectivity index (χ1v) is 8.02. The molecule has 140 valence electrons. The lowest BCUT2D eigenvalue weighted by Crippen LogP contribution is -2.48. The Morgan fingerprint density at radius 1 is 1.04 bits per heavy atom. The zero-order valence-electron chi connectivity index (χ0n) is 16.1. The number of rotatable bonds is 7. The van der Waals surface area contributed by atoms with E-state index >= 15 is 0 Å². The maximum Gasteiger partial charge on any atom is 0.251 e. The van der Waals surface area contributed by atoms with Gasteiger partial charge in [0.25, 0.3) is 5.91 Å². The minimum absolute atomic E-state index is 0.0328. The fourth-order valence-corrected chi connectivity index (χ4v) is 2.56. The van der Waals surface area contributed by atoms with E-state index < -0.39 is 0 Å². The van der Waals surface area contributed by atoms with Crippen LogP contribution in [-0.2, 0) is 4.79 Å². The Labute approximate surface area is 149 Å². The van der Waals surface area contributed by atoms with Gasteiger partial charge in [-0.2, -0.15) is 0 Å². The molecular weight excluding hydrogens is 324 g/mol. The second kappa shape index (κ2) is 8.60. The van der Waals surface area contributed by atoms with Crippen LogP contribution in [0.5, 0.6) is 17.2 Å². The van der Waals surface area contributed by atoms with E-state index in [9.17, 15) is 9.59 Å². The number of ether oxygens (including phenoxy) is 3. The van der Waals surface area contributed by atoms with Crippen molar-refractivity contribution in [3.8, 4) is 17.2 Å². The molecule has 0 fully saturated rings. The van der Waals surface area contributed by atoms with E-state index in [2.05, 4.69) is 5.32 Å². The summed E-state index contributed by atoms with van der Waals surface area (Å²) >= 11 is 0. The molecule has 0 aromatic heterocycles. The summed E-state index contributed by atoms with van der Waals surface area (Å²) in [5, 5.41) is 2.81. The van der Waals surface area contributed by atoms with E-state index in [1.807, 2.05) is 20.8 Å². The predicted molar refractivity (Wildman–Crippen MR) is 95.6 cm³/mol. The number of hydrogen-bond donors (Lipinski definition) is 1. The Balaban J connectivity index is 2.86. The van der Waals surface area contributed by atoms with Crippen molar-refractivity contribution in [3.05, 3.63) is 17.7 Å². The predicted octanol–water partition coefficient (Wildman–Crippen LogP) is 2.09. The Bertz CT molecular complexity index is 597. The summed E-state index contributed by atoms with van der Waals surface area (Å²) < 4.78 is 15.7. The average molecular weight is 352 g/mol. The zero-order chi connectivity index (χ0) is 19.2. The van der Waals surface area contributed by atoms with Crippen molar-refractivity contribution < 1.29 is 23.8 Å². The molecule has 0 radical (unpaired) electrons. The fraction of sp³-hybridized carbons (Fsp3) is 0.556. The van der Waals surface area contributed by atoms with Gasteiger partial charge in [-0.15, -0.1) is 0 Å². The monoisotopic (exact) mass is 352 g/mol. The van der Waals surface area contributed by atoms with Crippen molar-refractivity contribution in [2.45, 2.75) is 33.2 Å². The molecule has 2 amide bonds. The first-order valence-electron chi connectivity index (χ1n) is 8.02. The van der Waals surface area contributed by atoms with Gasteiger partial charge in [-0.25, -0.2) is 0 Å². The van der Waals surface area contributed by atoms with E-state index in [0.717, 1.165) is 0 Å². The van der Waals surface area contributed by atoms with E-state index in [1.165, 1.54) is 28.3 Å². The molecule has 0 saturated heterocycles. The molecule has 1 aromatic rings. The van der Waals surface area contributed by atoms with Crippen LogP contribution in [0.4, 0.5) is 0 Å². The maximum atomic E-state index is 12.4. The fourth-order valence-electron chi connectivity index (χ4n) is 2.56. The number of amides is 2. The molecule has 7 heteroatoms. The molecule has 7 nitrogen and oxygen atoms in total. The SMILES string of the molecule is COc1cc(C(=O)NCCN(C(C)=O)C(C)(C)C)cc(OC)c1OC. The Kier molecular flexibility index (Phi) is 7.09. The van der Waals surface area contributed by atoms with E-state index in [0.29, 0.717) is 35.9 Å². The van der Waals surface area contributed by atoms with Gasteiger partial charge in [0, 0.05) is 31.1 Å². The molecule has 0 aliphatic rings. The molecule has 0 aliphatic carbocycles. The molecule has 0 unspecified atom stereocenters. The van der Waals surface area contributed by atoms with Crippen molar-refractivity contribution in [2.75, 3.05) is 34.4 Å². The number of carbonyl (C=O) groups is 2. The summed E-state index contributed by atoms with van der Waals surface area (Å²) in [4.78, 5) is 25.9. The first kappa shape index (κ1) is 20.6. The lowest BCUT2D eigenvalue weighted by Gasteiger charge is -2.35. The molecule has 1 N–H and O–H groups in total. The zero-order valence-corrected chi connectivity index (χ0v) is 16.1. The number of methoxy groups -OCH3 is 3. The lowest BCUT2D eigenvalue weighted by atomic mass is 10.1. The Morgan fingerprint density at radius 2 is 1.56 bits per heavy atom. The van der Waals surface area contributed by atoms with Crippen LogP contribution in [0.3, 0.4) is 0 Å². The van der Waals surface area contributed by atoms with E-state index in [-0.39, 0.29) is 17.4 Å². The summed E-state index contributed by atoms with van der Waals surface area (Å²) in [5.74, 6) is 0.933. The third-order valence-electron chi connectivity index (χ3n) is 3.74. The van der Waals surface area contributed by atoms with Crippen molar-refractivity contribution in [3.63, 3.8) is 0 Å². The number of carbonyl (C=O) groups excluding carboxylic acids is 2. The molecule has 25 heavy (non-hydrogen) atoms. The topological polar surface area (TPSA) is 77.1 Å². The lowest BCUT2D eigenvalue weighted by molar-refractivity contribution is -0.133.